The first kappa shape index (κ1) is 16.3. The molecule has 0 unspecified atom stereocenters. The minimum Gasteiger partial charge on any atom is -0.493 e. The number of amides is 1. The van der Waals surface area contributed by atoms with Gasteiger partial charge in [0.05, 0.1) is 12.2 Å². The summed E-state index contributed by atoms with van der Waals surface area (Å²) < 4.78 is 5.66. The van der Waals surface area contributed by atoms with E-state index >= 15 is 0 Å². The molecule has 0 aliphatic carbocycles. The van der Waals surface area contributed by atoms with Crippen molar-refractivity contribution >= 4 is 5.91 Å². The Labute approximate surface area is 139 Å². The Bertz CT molecular complexity index is 546. The highest BCUT2D eigenvalue weighted by Gasteiger charge is 2.39. The number of rotatable bonds is 3. The van der Waals surface area contributed by atoms with Crippen LogP contribution in [-0.4, -0.2) is 54.5 Å². The average Bonchev–Trinajstić information content (AvgIpc) is 2.96. The van der Waals surface area contributed by atoms with Crippen molar-refractivity contribution in [2.24, 2.45) is 0 Å². The van der Waals surface area contributed by atoms with Crippen LogP contribution in [0.2, 0.25) is 0 Å². The molecule has 0 spiro atoms. The van der Waals surface area contributed by atoms with E-state index in [-0.39, 0.29) is 5.91 Å². The maximum absolute atomic E-state index is 13.1. The number of likely N-dealkylation sites (tertiary alicyclic amines) is 2. The van der Waals surface area contributed by atoms with E-state index in [0.717, 1.165) is 25.9 Å². The number of para-hydroxylation sites is 1. The van der Waals surface area contributed by atoms with Gasteiger partial charge >= 0.3 is 0 Å². The molecule has 126 valence electrons. The van der Waals surface area contributed by atoms with Crippen LogP contribution in [0, 0.1) is 0 Å². The molecule has 1 amide bonds. The van der Waals surface area contributed by atoms with Crippen molar-refractivity contribution in [3.63, 3.8) is 0 Å². The lowest BCUT2D eigenvalue weighted by Crippen LogP contribution is -2.46. The molecule has 0 N–H and O–H groups in total. The first-order valence-corrected chi connectivity index (χ1v) is 8.95. The van der Waals surface area contributed by atoms with Gasteiger partial charge in [-0.3, -0.25) is 4.79 Å². The van der Waals surface area contributed by atoms with Gasteiger partial charge in [-0.1, -0.05) is 25.0 Å². The van der Waals surface area contributed by atoms with Crippen LogP contribution in [0.4, 0.5) is 0 Å². The second kappa shape index (κ2) is 7.35. The van der Waals surface area contributed by atoms with Crippen LogP contribution in [0.1, 0.15) is 49.4 Å². The normalized spacial score (nSPS) is 25.6. The first-order chi connectivity index (χ1) is 11.2. The van der Waals surface area contributed by atoms with Gasteiger partial charge in [0.1, 0.15) is 5.75 Å². The topological polar surface area (TPSA) is 32.8 Å². The lowest BCUT2D eigenvalue weighted by Gasteiger charge is -2.35. The fourth-order valence-corrected chi connectivity index (χ4v) is 4.09. The number of carbonyl (C=O) groups excluding carboxylic acids is 1. The molecule has 2 atom stereocenters. The van der Waals surface area contributed by atoms with Crippen molar-refractivity contribution in [1.29, 1.82) is 0 Å². The third-order valence-electron chi connectivity index (χ3n) is 5.27. The Morgan fingerprint density at radius 3 is 2.78 bits per heavy atom. The Morgan fingerprint density at radius 2 is 1.96 bits per heavy atom. The lowest BCUT2D eigenvalue weighted by atomic mass is 9.97. The smallest absolute Gasteiger partial charge is 0.257 e. The SMILES string of the molecule is CCOc1ccccc1C(=O)N1CC[C@H]2[C@H]1CCCCCN2C. The van der Waals surface area contributed by atoms with E-state index in [1.54, 1.807) is 0 Å². The molecular weight excluding hydrogens is 288 g/mol. The van der Waals surface area contributed by atoms with Crippen LogP contribution in [0.3, 0.4) is 0 Å². The van der Waals surface area contributed by atoms with E-state index in [0.29, 0.717) is 30.0 Å². The van der Waals surface area contributed by atoms with Gasteiger partial charge in [0, 0.05) is 18.6 Å². The van der Waals surface area contributed by atoms with E-state index in [2.05, 4.69) is 16.8 Å². The number of carbonyl (C=O) groups is 1. The van der Waals surface area contributed by atoms with Crippen LogP contribution in [0.25, 0.3) is 0 Å². The molecule has 23 heavy (non-hydrogen) atoms. The van der Waals surface area contributed by atoms with Gasteiger partial charge in [-0.15, -0.1) is 0 Å². The Morgan fingerprint density at radius 1 is 1.13 bits per heavy atom. The highest BCUT2D eigenvalue weighted by atomic mass is 16.5. The van der Waals surface area contributed by atoms with Gasteiger partial charge < -0.3 is 14.5 Å². The number of hydrogen-bond donors (Lipinski definition) is 0. The zero-order chi connectivity index (χ0) is 16.2. The fraction of sp³-hybridized carbons (Fsp3) is 0.632. The Hall–Kier alpha value is -1.55. The molecule has 2 aliphatic heterocycles. The molecule has 0 bridgehead atoms. The van der Waals surface area contributed by atoms with Gasteiger partial charge in [-0.2, -0.15) is 0 Å². The fourth-order valence-electron chi connectivity index (χ4n) is 4.09. The van der Waals surface area contributed by atoms with Gasteiger partial charge in [-0.05, 0) is 51.9 Å². The van der Waals surface area contributed by atoms with E-state index < -0.39 is 0 Å². The Balaban J connectivity index is 1.82. The van der Waals surface area contributed by atoms with E-state index in [9.17, 15) is 4.79 Å². The number of hydrogen-bond acceptors (Lipinski definition) is 3. The summed E-state index contributed by atoms with van der Waals surface area (Å²) >= 11 is 0. The van der Waals surface area contributed by atoms with Crippen molar-refractivity contribution in [2.45, 2.75) is 51.1 Å². The second-order valence-corrected chi connectivity index (χ2v) is 6.68. The second-order valence-electron chi connectivity index (χ2n) is 6.68. The number of benzene rings is 1. The van der Waals surface area contributed by atoms with Crippen molar-refractivity contribution in [2.75, 3.05) is 26.7 Å². The number of fused-ring (bicyclic) bond motifs is 1. The molecule has 2 saturated heterocycles. The summed E-state index contributed by atoms with van der Waals surface area (Å²) in [6, 6.07) is 8.51. The Kier molecular flexibility index (Phi) is 5.21. The van der Waals surface area contributed by atoms with Gasteiger partial charge in [0.2, 0.25) is 0 Å². The lowest BCUT2D eigenvalue weighted by molar-refractivity contribution is 0.0666. The molecule has 0 saturated carbocycles. The van der Waals surface area contributed by atoms with Crippen LogP contribution in [-0.2, 0) is 0 Å². The number of nitrogens with zero attached hydrogens (tertiary/aromatic N) is 2. The van der Waals surface area contributed by atoms with Gasteiger partial charge in [0.25, 0.3) is 5.91 Å². The molecule has 2 heterocycles. The maximum atomic E-state index is 13.1. The summed E-state index contributed by atoms with van der Waals surface area (Å²) in [5.41, 5.74) is 0.708. The van der Waals surface area contributed by atoms with Crippen LogP contribution in [0.15, 0.2) is 24.3 Å². The zero-order valence-electron chi connectivity index (χ0n) is 14.3. The molecule has 1 aromatic rings. The largest absolute Gasteiger partial charge is 0.493 e. The summed E-state index contributed by atoms with van der Waals surface area (Å²) in [7, 11) is 2.21. The maximum Gasteiger partial charge on any atom is 0.257 e. The summed E-state index contributed by atoms with van der Waals surface area (Å²) in [4.78, 5) is 17.7. The zero-order valence-corrected chi connectivity index (χ0v) is 14.3. The van der Waals surface area contributed by atoms with E-state index in [1.165, 1.54) is 19.3 Å². The van der Waals surface area contributed by atoms with Crippen LogP contribution in [0.5, 0.6) is 5.75 Å². The monoisotopic (exact) mass is 316 g/mol. The minimum absolute atomic E-state index is 0.135. The van der Waals surface area contributed by atoms with Crippen molar-refractivity contribution in [3.05, 3.63) is 29.8 Å². The standard InChI is InChI=1S/C19H28N2O2/c1-3-23-18-11-7-6-9-15(18)19(22)21-14-12-16-17(21)10-5-4-8-13-20(16)2/h6-7,9,11,16-17H,3-5,8,10,12-14H2,1-2H3/t16-,17+/m0/s1. The highest BCUT2D eigenvalue weighted by molar-refractivity contribution is 5.97. The summed E-state index contributed by atoms with van der Waals surface area (Å²) in [6.07, 6.45) is 5.99. The molecule has 0 radical (unpaired) electrons. The van der Waals surface area contributed by atoms with Gasteiger partial charge in [0.15, 0.2) is 0 Å². The predicted octanol–water partition coefficient (Wildman–Crippen LogP) is 3.17. The van der Waals surface area contributed by atoms with E-state index in [4.69, 9.17) is 4.74 Å². The summed E-state index contributed by atoms with van der Waals surface area (Å²) in [6.45, 7) is 4.55. The minimum atomic E-state index is 0.135. The average molecular weight is 316 g/mol. The quantitative estimate of drug-likeness (QED) is 0.858. The third kappa shape index (κ3) is 3.37. The van der Waals surface area contributed by atoms with Crippen molar-refractivity contribution in [1.82, 2.24) is 9.80 Å². The molecule has 2 fully saturated rings. The van der Waals surface area contributed by atoms with Crippen molar-refractivity contribution < 1.29 is 9.53 Å². The number of likely N-dealkylation sites (N-methyl/N-ethyl adjacent to an activating group) is 1. The summed E-state index contributed by atoms with van der Waals surface area (Å²) in [5.74, 6) is 0.846. The molecule has 1 aromatic carbocycles. The highest BCUT2D eigenvalue weighted by Crippen LogP contribution is 2.31. The predicted molar refractivity (Wildman–Crippen MR) is 91.9 cm³/mol. The molecular formula is C19H28N2O2. The third-order valence-corrected chi connectivity index (χ3v) is 5.27. The van der Waals surface area contributed by atoms with Crippen molar-refractivity contribution in [3.8, 4) is 5.75 Å². The first-order valence-electron chi connectivity index (χ1n) is 8.95. The van der Waals surface area contributed by atoms with Crippen LogP contribution < -0.4 is 4.74 Å². The van der Waals surface area contributed by atoms with Crippen LogP contribution >= 0.6 is 0 Å². The molecule has 0 aromatic heterocycles. The molecule has 3 rings (SSSR count). The molecule has 4 heteroatoms. The summed E-state index contributed by atoms with van der Waals surface area (Å²) in [5, 5.41) is 0. The van der Waals surface area contributed by atoms with E-state index in [1.807, 2.05) is 31.2 Å². The molecule has 2 aliphatic rings. The molecule has 4 nitrogen and oxygen atoms in total. The van der Waals surface area contributed by atoms with Gasteiger partial charge in [-0.25, -0.2) is 0 Å². The number of ether oxygens (including phenoxy) is 1.